The minimum Gasteiger partial charge on any atom is -0.468 e. The number of aliphatic hydroxyl groups is 1. The lowest BCUT2D eigenvalue weighted by atomic mass is 10.1. The minimum absolute atomic E-state index is 0.0966. The second kappa shape index (κ2) is 10.1. The predicted molar refractivity (Wildman–Crippen MR) is 96.8 cm³/mol. The number of nitrogens with one attached hydrogen (secondary N) is 1. The summed E-state index contributed by atoms with van der Waals surface area (Å²) in [6.45, 7) is -1.94. The lowest BCUT2D eigenvalue weighted by Gasteiger charge is -2.16. The molecule has 10 heteroatoms. The van der Waals surface area contributed by atoms with E-state index in [4.69, 9.17) is 10.8 Å². The predicted octanol–water partition coefficient (Wildman–Crippen LogP) is 3.04. The normalized spacial score (nSPS) is 13.7. The molecule has 29 heavy (non-hydrogen) atoms. The number of benzene rings is 1. The fourth-order valence-corrected chi connectivity index (χ4v) is 2.82. The third-order valence-electron chi connectivity index (χ3n) is 4.10. The maximum absolute atomic E-state index is 12.6. The number of aromatic nitrogens is 1. The molecule has 1 aromatic heterocycles. The highest BCUT2D eigenvalue weighted by Gasteiger charge is 2.28. The van der Waals surface area contributed by atoms with Crippen molar-refractivity contribution in [2.45, 2.75) is 31.5 Å². The molecule has 0 fully saturated rings. The maximum atomic E-state index is 12.6. The number of urea groups is 1. The number of aliphatic hydroxyl groups excluding tert-OH is 1. The van der Waals surface area contributed by atoms with Gasteiger partial charge in [-0.15, -0.1) is 0 Å². The summed E-state index contributed by atoms with van der Waals surface area (Å²) in [7, 11) is 0. The summed E-state index contributed by atoms with van der Waals surface area (Å²) in [6, 6.07) is 5.99. The maximum Gasteiger partial charge on any atom is 0.422 e. The molecular weight excluding hydrogens is 394 g/mol. The Morgan fingerprint density at radius 3 is 2.62 bits per heavy atom. The summed E-state index contributed by atoms with van der Waals surface area (Å²) in [4.78, 5) is 14.3. The SMILES string of the molecule is Fc1ccc2c(c1)CCC2.NC(=O)N[C@@H](CO)c1ccnc(OCC(F)(F)F)c1. The molecule has 1 aliphatic rings. The zero-order chi connectivity index (χ0) is 21.4. The number of carbonyl (C=O) groups excluding carboxylic acids is 1. The highest BCUT2D eigenvalue weighted by Crippen LogP contribution is 2.22. The molecule has 0 bridgehead atoms. The van der Waals surface area contributed by atoms with Crippen molar-refractivity contribution in [3.63, 3.8) is 0 Å². The summed E-state index contributed by atoms with van der Waals surface area (Å²) in [6.07, 6.45) is 0.118. The fraction of sp³-hybridized carbons (Fsp3) is 0.368. The molecule has 2 amide bonds. The van der Waals surface area contributed by atoms with Crippen LogP contribution >= 0.6 is 0 Å². The van der Waals surface area contributed by atoms with Gasteiger partial charge in [-0.2, -0.15) is 13.2 Å². The number of ether oxygens (including phenoxy) is 1. The number of rotatable bonds is 5. The first kappa shape index (κ1) is 22.4. The molecule has 1 atom stereocenters. The number of amides is 2. The van der Waals surface area contributed by atoms with Crippen LogP contribution in [0.15, 0.2) is 36.5 Å². The number of primary amides is 1. The number of halogens is 4. The number of alkyl halides is 3. The number of hydrogen-bond donors (Lipinski definition) is 3. The summed E-state index contributed by atoms with van der Waals surface area (Å²) in [5, 5.41) is 11.3. The lowest BCUT2D eigenvalue weighted by molar-refractivity contribution is -0.154. The standard InChI is InChI=1S/C10H12F3N3O3.C9H9F/c11-10(12,13)5-19-8-3-6(1-2-15-8)7(4-17)16-9(14)18;10-9-5-4-7-2-1-3-8(7)6-9/h1-3,7,17H,4-5H2,(H3,14,16,18);4-6H,1-3H2/t7-;/m0./s1. The van der Waals surface area contributed by atoms with Gasteiger partial charge in [-0.3, -0.25) is 0 Å². The first-order chi connectivity index (χ1) is 13.7. The van der Waals surface area contributed by atoms with E-state index in [1.54, 1.807) is 12.1 Å². The number of nitrogens with zero attached hydrogens (tertiary/aromatic N) is 1. The van der Waals surface area contributed by atoms with Crippen molar-refractivity contribution >= 4 is 6.03 Å². The molecule has 158 valence electrons. The number of fused-ring (bicyclic) bond motifs is 1. The zero-order valence-corrected chi connectivity index (χ0v) is 15.4. The fourth-order valence-electron chi connectivity index (χ4n) is 2.82. The first-order valence-corrected chi connectivity index (χ1v) is 8.77. The Labute approximate surface area is 164 Å². The Morgan fingerprint density at radius 1 is 1.24 bits per heavy atom. The molecular formula is C19H21F4N3O3. The van der Waals surface area contributed by atoms with Crippen LogP contribution in [0.3, 0.4) is 0 Å². The van der Waals surface area contributed by atoms with Gasteiger partial charge >= 0.3 is 12.2 Å². The summed E-state index contributed by atoms with van der Waals surface area (Å²) >= 11 is 0. The molecule has 0 unspecified atom stereocenters. The quantitative estimate of drug-likeness (QED) is 0.654. The lowest BCUT2D eigenvalue weighted by Crippen LogP contribution is -2.35. The minimum atomic E-state index is -4.47. The van der Waals surface area contributed by atoms with Crippen LogP contribution in [0, 0.1) is 5.82 Å². The van der Waals surface area contributed by atoms with Crippen LogP contribution in [0.5, 0.6) is 5.88 Å². The van der Waals surface area contributed by atoms with E-state index in [0.29, 0.717) is 5.56 Å². The highest BCUT2D eigenvalue weighted by molar-refractivity contribution is 5.72. The van der Waals surface area contributed by atoms with Crippen LogP contribution in [-0.4, -0.2) is 35.5 Å². The van der Waals surface area contributed by atoms with Gasteiger partial charge in [0, 0.05) is 12.3 Å². The van der Waals surface area contributed by atoms with Crippen LogP contribution in [0.25, 0.3) is 0 Å². The van der Waals surface area contributed by atoms with Crippen LogP contribution < -0.4 is 15.8 Å². The topological polar surface area (TPSA) is 97.5 Å². The summed E-state index contributed by atoms with van der Waals surface area (Å²) < 4.78 is 52.9. The van der Waals surface area contributed by atoms with E-state index in [1.165, 1.54) is 35.9 Å². The molecule has 1 aliphatic carbocycles. The Kier molecular flexibility index (Phi) is 7.77. The first-order valence-electron chi connectivity index (χ1n) is 8.77. The second-order valence-corrected chi connectivity index (χ2v) is 6.34. The zero-order valence-electron chi connectivity index (χ0n) is 15.4. The van der Waals surface area contributed by atoms with Gasteiger partial charge in [0.25, 0.3) is 0 Å². The van der Waals surface area contributed by atoms with E-state index in [9.17, 15) is 22.4 Å². The van der Waals surface area contributed by atoms with Crippen LogP contribution in [0.1, 0.15) is 29.2 Å². The Hall–Kier alpha value is -2.88. The number of nitrogens with two attached hydrogens (primary N) is 1. The molecule has 0 spiro atoms. The van der Waals surface area contributed by atoms with E-state index in [-0.39, 0.29) is 11.7 Å². The van der Waals surface area contributed by atoms with Gasteiger partial charge in [-0.1, -0.05) is 6.07 Å². The van der Waals surface area contributed by atoms with E-state index in [2.05, 4.69) is 15.0 Å². The van der Waals surface area contributed by atoms with Crippen molar-refractivity contribution in [1.29, 1.82) is 0 Å². The summed E-state index contributed by atoms with van der Waals surface area (Å²) in [5.41, 5.74) is 7.77. The van der Waals surface area contributed by atoms with Crippen molar-refractivity contribution in [3.05, 3.63) is 59.0 Å². The van der Waals surface area contributed by atoms with E-state index < -0.39 is 31.5 Å². The van der Waals surface area contributed by atoms with Crippen molar-refractivity contribution in [3.8, 4) is 5.88 Å². The van der Waals surface area contributed by atoms with Gasteiger partial charge in [0.05, 0.1) is 12.6 Å². The third-order valence-corrected chi connectivity index (χ3v) is 4.10. The molecule has 1 aromatic carbocycles. The smallest absolute Gasteiger partial charge is 0.422 e. The Balaban J connectivity index is 0.000000248. The van der Waals surface area contributed by atoms with E-state index in [0.717, 1.165) is 12.8 Å². The van der Waals surface area contributed by atoms with Gasteiger partial charge in [-0.25, -0.2) is 14.2 Å². The van der Waals surface area contributed by atoms with Crippen LogP contribution in [0.2, 0.25) is 0 Å². The molecule has 2 aromatic rings. The summed E-state index contributed by atoms with van der Waals surface area (Å²) in [5.74, 6) is -0.361. The van der Waals surface area contributed by atoms with Gasteiger partial charge in [0.1, 0.15) is 5.82 Å². The molecule has 6 nitrogen and oxygen atoms in total. The Bertz CT molecular complexity index is 831. The van der Waals surface area contributed by atoms with Gasteiger partial charge in [-0.05, 0) is 54.2 Å². The van der Waals surface area contributed by atoms with Crippen LogP contribution in [-0.2, 0) is 12.8 Å². The molecule has 0 saturated carbocycles. The van der Waals surface area contributed by atoms with Crippen molar-refractivity contribution in [2.24, 2.45) is 5.73 Å². The van der Waals surface area contributed by atoms with Gasteiger partial charge < -0.3 is 20.9 Å². The molecule has 4 N–H and O–H groups in total. The molecule has 0 aliphatic heterocycles. The van der Waals surface area contributed by atoms with Gasteiger partial charge in [0.15, 0.2) is 6.61 Å². The van der Waals surface area contributed by atoms with Crippen molar-refractivity contribution in [1.82, 2.24) is 10.3 Å². The molecule has 0 radical (unpaired) electrons. The number of hydrogen-bond acceptors (Lipinski definition) is 4. The average Bonchev–Trinajstić information content (AvgIpc) is 3.12. The number of pyridine rings is 1. The van der Waals surface area contributed by atoms with Gasteiger partial charge in [0.2, 0.25) is 5.88 Å². The van der Waals surface area contributed by atoms with Crippen molar-refractivity contribution in [2.75, 3.05) is 13.2 Å². The molecule has 0 saturated heterocycles. The van der Waals surface area contributed by atoms with E-state index >= 15 is 0 Å². The van der Waals surface area contributed by atoms with Crippen LogP contribution in [0.4, 0.5) is 22.4 Å². The van der Waals surface area contributed by atoms with Crippen molar-refractivity contribution < 1.29 is 32.2 Å². The number of carbonyl (C=O) groups is 1. The average molecular weight is 415 g/mol. The molecule has 3 rings (SSSR count). The second-order valence-electron chi connectivity index (χ2n) is 6.34. The van der Waals surface area contributed by atoms with E-state index in [1.807, 2.05) is 6.07 Å². The largest absolute Gasteiger partial charge is 0.468 e. The monoisotopic (exact) mass is 415 g/mol. The third kappa shape index (κ3) is 7.57. The number of aryl methyl sites for hydroxylation is 2. The highest BCUT2D eigenvalue weighted by atomic mass is 19.4. The molecule has 1 heterocycles. The Morgan fingerprint density at radius 2 is 1.97 bits per heavy atom.